The molecule has 5 nitrogen and oxygen atoms in total. The van der Waals surface area contributed by atoms with Gasteiger partial charge in [0, 0.05) is 18.9 Å². The predicted molar refractivity (Wildman–Crippen MR) is 124 cm³/mol. The maximum atomic E-state index is 14.1. The molecule has 1 spiro atoms. The van der Waals surface area contributed by atoms with Crippen molar-refractivity contribution in [3.63, 3.8) is 0 Å². The molecule has 0 bridgehead atoms. The van der Waals surface area contributed by atoms with Crippen LogP contribution in [-0.4, -0.2) is 33.0 Å². The minimum absolute atomic E-state index is 0.137. The van der Waals surface area contributed by atoms with Crippen LogP contribution in [0, 0.1) is 12.3 Å². The first-order chi connectivity index (χ1) is 15.4. The van der Waals surface area contributed by atoms with E-state index in [2.05, 4.69) is 0 Å². The normalized spacial score (nSPS) is 26.8. The molecule has 1 aliphatic heterocycles. The average Bonchev–Trinajstić information content (AvgIpc) is 3.16. The number of benzene rings is 2. The van der Waals surface area contributed by atoms with Crippen LogP contribution in [0.1, 0.15) is 62.5 Å². The van der Waals surface area contributed by atoms with Gasteiger partial charge >= 0.3 is 0 Å². The van der Waals surface area contributed by atoms with Crippen LogP contribution in [-0.2, 0) is 19.6 Å². The highest BCUT2D eigenvalue weighted by Gasteiger charge is 2.63. The van der Waals surface area contributed by atoms with Crippen molar-refractivity contribution in [1.82, 2.24) is 0 Å². The van der Waals surface area contributed by atoms with E-state index in [-0.39, 0.29) is 22.7 Å². The van der Waals surface area contributed by atoms with Crippen molar-refractivity contribution in [1.29, 1.82) is 0 Å². The lowest BCUT2D eigenvalue weighted by Crippen LogP contribution is -2.60. The molecule has 2 fully saturated rings. The van der Waals surface area contributed by atoms with E-state index in [1.54, 1.807) is 16.4 Å². The smallest absolute Gasteiger partial charge is 0.264 e. The highest BCUT2D eigenvalue weighted by Crippen LogP contribution is 2.59. The summed E-state index contributed by atoms with van der Waals surface area (Å²) in [5.41, 5.74) is 2.06. The summed E-state index contributed by atoms with van der Waals surface area (Å²) < 4.78 is 36.0. The van der Waals surface area contributed by atoms with E-state index in [1.165, 1.54) is 0 Å². The summed E-state index contributed by atoms with van der Waals surface area (Å²) in [7, 11) is -3.85. The number of sulfonamides is 1. The highest BCUT2D eigenvalue weighted by molar-refractivity contribution is 7.92. The van der Waals surface area contributed by atoms with Crippen LogP contribution in [0.2, 0.25) is 0 Å². The zero-order chi connectivity index (χ0) is 22.5. The number of nitrogens with zero attached hydrogens (tertiary/aromatic N) is 1. The standard InChI is InChI=1S/C26H31NO4S/c1-3-31-22-17-23(28)26(15-7-4-8-16-26)25-24(22)20-9-5-6-10-21(20)27(25)32(29,30)19-13-11-18(2)12-14-19/h5-6,9-14,22,24-25H,3-4,7-8,15-17H2,1-2H3/t22-,24-,25-/m1/s1. The molecule has 2 aromatic rings. The molecular formula is C26H31NO4S. The number of anilines is 1. The lowest BCUT2D eigenvalue weighted by atomic mass is 9.58. The van der Waals surface area contributed by atoms with Crippen molar-refractivity contribution >= 4 is 21.5 Å². The Morgan fingerprint density at radius 2 is 1.72 bits per heavy atom. The van der Waals surface area contributed by atoms with Crippen LogP contribution in [0.3, 0.4) is 0 Å². The van der Waals surface area contributed by atoms with Gasteiger partial charge in [0.2, 0.25) is 0 Å². The number of ether oxygens (including phenoxy) is 1. The summed E-state index contributed by atoms with van der Waals surface area (Å²) >= 11 is 0. The summed E-state index contributed by atoms with van der Waals surface area (Å²) in [5.74, 6) is 0.0379. The van der Waals surface area contributed by atoms with Gasteiger partial charge in [0.15, 0.2) is 0 Å². The third-order valence-electron chi connectivity index (χ3n) is 7.74. The zero-order valence-electron chi connectivity index (χ0n) is 18.8. The molecule has 0 saturated heterocycles. The monoisotopic (exact) mass is 453 g/mol. The number of hydrogen-bond acceptors (Lipinski definition) is 4. The second kappa shape index (κ2) is 7.99. The first kappa shape index (κ1) is 21.7. The van der Waals surface area contributed by atoms with Gasteiger partial charge in [-0.05, 0) is 50.5 Å². The second-order valence-electron chi connectivity index (χ2n) is 9.48. The van der Waals surface area contributed by atoms with Crippen molar-refractivity contribution in [3.8, 4) is 0 Å². The SMILES string of the molecule is CCO[C@@H]1CC(=O)C2(CCCCC2)[C@H]2[C@@H]1c1ccccc1N2S(=O)(=O)c1ccc(C)cc1. The van der Waals surface area contributed by atoms with E-state index in [4.69, 9.17) is 4.74 Å². The number of Topliss-reactive ketones (excluding diaryl/α,β-unsaturated/α-hetero) is 1. The van der Waals surface area contributed by atoms with Gasteiger partial charge in [-0.1, -0.05) is 55.2 Å². The topological polar surface area (TPSA) is 63.7 Å². The number of carbonyl (C=O) groups is 1. The van der Waals surface area contributed by atoms with Gasteiger partial charge in [-0.2, -0.15) is 0 Å². The van der Waals surface area contributed by atoms with Crippen molar-refractivity contribution in [3.05, 3.63) is 59.7 Å². The molecule has 32 heavy (non-hydrogen) atoms. The van der Waals surface area contributed by atoms with Crippen molar-refractivity contribution in [2.75, 3.05) is 10.9 Å². The first-order valence-corrected chi connectivity index (χ1v) is 13.2. The number of fused-ring (bicyclic) bond motifs is 4. The van der Waals surface area contributed by atoms with E-state index >= 15 is 0 Å². The highest BCUT2D eigenvalue weighted by atomic mass is 32.2. The van der Waals surface area contributed by atoms with E-state index in [1.807, 2.05) is 50.2 Å². The lowest BCUT2D eigenvalue weighted by Gasteiger charge is -2.51. The minimum Gasteiger partial charge on any atom is -0.377 e. The van der Waals surface area contributed by atoms with Gasteiger partial charge in [-0.15, -0.1) is 0 Å². The predicted octanol–water partition coefficient (Wildman–Crippen LogP) is 4.98. The molecule has 3 aliphatic rings. The quantitative estimate of drug-likeness (QED) is 0.655. The maximum Gasteiger partial charge on any atom is 0.264 e. The van der Waals surface area contributed by atoms with Crippen molar-refractivity contribution in [2.45, 2.75) is 75.3 Å². The number of aryl methyl sites for hydroxylation is 1. The van der Waals surface area contributed by atoms with Crippen LogP contribution in [0.5, 0.6) is 0 Å². The second-order valence-corrected chi connectivity index (χ2v) is 11.3. The molecule has 0 unspecified atom stereocenters. The number of carbonyl (C=O) groups excluding carboxylic acids is 1. The van der Waals surface area contributed by atoms with Crippen LogP contribution in [0.25, 0.3) is 0 Å². The third-order valence-corrected chi connectivity index (χ3v) is 9.55. The Bertz CT molecular complexity index is 1120. The molecule has 2 aliphatic carbocycles. The Labute approximate surface area is 190 Å². The minimum atomic E-state index is -3.85. The van der Waals surface area contributed by atoms with Gasteiger partial charge < -0.3 is 4.74 Å². The summed E-state index contributed by atoms with van der Waals surface area (Å²) in [5, 5.41) is 0. The molecule has 2 saturated carbocycles. The van der Waals surface area contributed by atoms with Gasteiger partial charge in [0.25, 0.3) is 10.0 Å². The van der Waals surface area contributed by atoms with Crippen LogP contribution >= 0.6 is 0 Å². The third kappa shape index (κ3) is 3.14. The fraction of sp³-hybridized carbons (Fsp3) is 0.500. The Balaban J connectivity index is 1.73. The molecule has 0 N–H and O–H groups in total. The Morgan fingerprint density at radius 1 is 1.03 bits per heavy atom. The number of ketones is 1. The van der Waals surface area contributed by atoms with E-state index in [9.17, 15) is 13.2 Å². The lowest BCUT2D eigenvalue weighted by molar-refractivity contribution is -0.142. The van der Waals surface area contributed by atoms with E-state index in [0.29, 0.717) is 18.7 Å². The van der Waals surface area contributed by atoms with Gasteiger partial charge in [-0.25, -0.2) is 8.42 Å². The first-order valence-electron chi connectivity index (χ1n) is 11.7. The van der Waals surface area contributed by atoms with Crippen molar-refractivity contribution in [2.24, 2.45) is 5.41 Å². The molecule has 0 aromatic heterocycles. The van der Waals surface area contributed by atoms with E-state index < -0.39 is 21.5 Å². The molecule has 2 aromatic carbocycles. The van der Waals surface area contributed by atoms with Gasteiger partial charge in [-0.3, -0.25) is 9.10 Å². The molecule has 1 heterocycles. The van der Waals surface area contributed by atoms with E-state index in [0.717, 1.165) is 43.2 Å². The van der Waals surface area contributed by atoms with Gasteiger partial charge in [0.1, 0.15) is 5.78 Å². The Hall–Kier alpha value is -2.18. The van der Waals surface area contributed by atoms with Gasteiger partial charge in [0.05, 0.1) is 28.1 Å². The maximum absolute atomic E-state index is 14.1. The Morgan fingerprint density at radius 3 is 2.41 bits per heavy atom. The molecule has 3 atom stereocenters. The number of para-hydroxylation sites is 1. The number of rotatable bonds is 4. The van der Waals surface area contributed by atoms with Crippen LogP contribution < -0.4 is 4.31 Å². The summed E-state index contributed by atoms with van der Waals surface area (Å²) in [6, 6.07) is 14.3. The fourth-order valence-corrected chi connectivity index (χ4v) is 8.09. The zero-order valence-corrected chi connectivity index (χ0v) is 19.6. The van der Waals surface area contributed by atoms with Crippen LogP contribution in [0.15, 0.2) is 53.4 Å². The molecule has 6 heteroatoms. The average molecular weight is 454 g/mol. The molecule has 170 valence electrons. The molecule has 0 amide bonds. The van der Waals surface area contributed by atoms with Crippen molar-refractivity contribution < 1.29 is 17.9 Å². The largest absolute Gasteiger partial charge is 0.377 e. The number of hydrogen-bond donors (Lipinski definition) is 0. The fourth-order valence-electron chi connectivity index (χ4n) is 6.32. The molecule has 0 radical (unpaired) electrons. The summed E-state index contributed by atoms with van der Waals surface area (Å²) in [6.45, 7) is 4.38. The summed E-state index contributed by atoms with van der Waals surface area (Å²) in [6.07, 6.45) is 4.58. The molecule has 5 rings (SSSR count). The Kier molecular flexibility index (Phi) is 5.41. The van der Waals surface area contributed by atoms with Crippen LogP contribution in [0.4, 0.5) is 5.69 Å². The summed E-state index contributed by atoms with van der Waals surface area (Å²) in [4.78, 5) is 14.0. The molecular weight excluding hydrogens is 422 g/mol.